The Morgan fingerprint density at radius 2 is 1.83 bits per heavy atom. The van der Waals surface area contributed by atoms with Gasteiger partial charge in [0.25, 0.3) is 0 Å². The summed E-state index contributed by atoms with van der Waals surface area (Å²) in [6.45, 7) is 4.03. The van der Waals surface area contributed by atoms with Gasteiger partial charge in [-0.3, -0.25) is 9.59 Å². The Bertz CT molecular complexity index is 572. The number of unbranched alkanes of at least 4 members (excludes halogenated alkanes) is 1. The number of carbonyl (C=O) groups excluding carboxylic acids is 2. The van der Waals surface area contributed by atoms with Crippen LogP contribution in [0.3, 0.4) is 0 Å². The molecule has 3 aliphatic heterocycles. The van der Waals surface area contributed by atoms with Gasteiger partial charge in [-0.15, -0.1) is 0 Å². The molecule has 3 aliphatic rings. The first-order valence-corrected chi connectivity index (χ1v) is 9.22. The Kier molecular flexibility index (Phi) is 5.54. The van der Waals surface area contributed by atoms with E-state index in [0.717, 1.165) is 51.7 Å². The Hall–Kier alpha value is -1.84. The number of fused-ring (bicyclic) bond motifs is 4. The van der Waals surface area contributed by atoms with E-state index in [9.17, 15) is 9.59 Å². The molecule has 0 aliphatic carbocycles. The second-order valence-electron chi connectivity index (χ2n) is 7.26. The predicted octanol–water partition coefficient (Wildman–Crippen LogP) is 2.87. The van der Waals surface area contributed by atoms with Crippen molar-refractivity contribution in [2.24, 2.45) is 5.92 Å². The third-order valence-electron chi connectivity index (χ3n) is 5.43. The van der Waals surface area contributed by atoms with E-state index in [2.05, 4.69) is 29.2 Å². The highest BCUT2D eigenvalue weighted by Crippen LogP contribution is 2.28. The normalized spacial score (nSPS) is 23.2. The van der Waals surface area contributed by atoms with E-state index < -0.39 is 0 Å². The van der Waals surface area contributed by atoms with Crippen molar-refractivity contribution >= 4 is 11.8 Å². The minimum Gasteiger partial charge on any atom is -0.341 e. The van der Waals surface area contributed by atoms with Gasteiger partial charge in [-0.1, -0.05) is 30.3 Å². The monoisotopic (exact) mass is 328 g/mol. The number of hydrogen-bond donors (Lipinski definition) is 0. The highest BCUT2D eigenvalue weighted by molar-refractivity contribution is 5.77. The summed E-state index contributed by atoms with van der Waals surface area (Å²) in [7, 11) is 0. The molecule has 3 fully saturated rings. The lowest BCUT2D eigenvalue weighted by molar-refractivity contribution is -0.136. The fourth-order valence-corrected chi connectivity index (χ4v) is 4.04. The van der Waals surface area contributed by atoms with Gasteiger partial charge in [0.15, 0.2) is 0 Å². The number of amides is 2. The molecule has 0 aromatic heterocycles. The lowest BCUT2D eigenvalue weighted by atomic mass is 9.94. The van der Waals surface area contributed by atoms with E-state index in [-0.39, 0.29) is 17.9 Å². The van der Waals surface area contributed by atoms with Crippen LogP contribution in [0.2, 0.25) is 0 Å². The van der Waals surface area contributed by atoms with Crippen molar-refractivity contribution in [3.8, 4) is 0 Å². The van der Waals surface area contributed by atoms with Crippen molar-refractivity contribution in [1.82, 2.24) is 9.80 Å². The molecule has 4 nitrogen and oxygen atoms in total. The maximum absolute atomic E-state index is 12.7. The zero-order valence-corrected chi connectivity index (χ0v) is 14.6. The Labute approximate surface area is 144 Å². The van der Waals surface area contributed by atoms with Gasteiger partial charge >= 0.3 is 0 Å². The molecule has 2 amide bonds. The summed E-state index contributed by atoms with van der Waals surface area (Å²) in [5.74, 6) is 0.883. The van der Waals surface area contributed by atoms with Crippen LogP contribution in [0.4, 0.5) is 0 Å². The highest BCUT2D eigenvalue weighted by Gasteiger charge is 2.37. The van der Waals surface area contributed by atoms with Crippen LogP contribution in [-0.4, -0.2) is 47.3 Å². The molecule has 0 spiro atoms. The lowest BCUT2D eigenvalue weighted by Gasteiger charge is -2.36. The average Bonchev–Trinajstić information content (AvgIpc) is 2.92. The Balaban J connectivity index is 1.47. The maximum atomic E-state index is 12.7. The fourth-order valence-electron chi connectivity index (χ4n) is 4.04. The second-order valence-corrected chi connectivity index (χ2v) is 7.26. The fraction of sp³-hybridized carbons (Fsp3) is 0.600. The van der Waals surface area contributed by atoms with E-state index in [1.165, 1.54) is 5.56 Å². The van der Waals surface area contributed by atoms with E-state index in [1.54, 1.807) is 6.92 Å². The van der Waals surface area contributed by atoms with E-state index in [4.69, 9.17) is 0 Å². The zero-order valence-electron chi connectivity index (χ0n) is 14.6. The van der Waals surface area contributed by atoms with Crippen LogP contribution in [0.1, 0.15) is 44.6 Å². The summed E-state index contributed by atoms with van der Waals surface area (Å²) in [6, 6.07) is 10.7. The molecule has 2 atom stereocenters. The van der Waals surface area contributed by atoms with Crippen molar-refractivity contribution in [2.45, 2.75) is 51.5 Å². The van der Waals surface area contributed by atoms with Crippen LogP contribution in [0.25, 0.3) is 0 Å². The van der Waals surface area contributed by atoms with Gasteiger partial charge in [0.05, 0.1) is 0 Å². The molecule has 0 N–H and O–H groups in total. The molecule has 3 heterocycles. The molecular formula is C20H28N2O2. The minimum absolute atomic E-state index is 0.143. The van der Waals surface area contributed by atoms with Crippen molar-refractivity contribution in [3.05, 3.63) is 35.9 Å². The maximum Gasteiger partial charge on any atom is 0.222 e. The number of hydrogen-bond acceptors (Lipinski definition) is 2. The zero-order chi connectivity index (χ0) is 16.9. The van der Waals surface area contributed by atoms with E-state index in [1.807, 2.05) is 11.0 Å². The van der Waals surface area contributed by atoms with Crippen LogP contribution in [-0.2, 0) is 16.0 Å². The van der Waals surface area contributed by atoms with Crippen LogP contribution < -0.4 is 0 Å². The third kappa shape index (κ3) is 4.16. The molecule has 1 aromatic rings. The Morgan fingerprint density at radius 3 is 2.58 bits per heavy atom. The molecule has 4 rings (SSSR count). The summed E-state index contributed by atoms with van der Waals surface area (Å²) in [5.41, 5.74) is 1.34. The first-order valence-electron chi connectivity index (χ1n) is 9.22. The summed E-state index contributed by atoms with van der Waals surface area (Å²) in [6.07, 6.45) is 5.86. The molecule has 2 bridgehead atoms. The molecule has 3 saturated heterocycles. The molecule has 1 aromatic carbocycles. The van der Waals surface area contributed by atoms with Crippen molar-refractivity contribution in [3.63, 3.8) is 0 Å². The molecule has 0 unspecified atom stereocenters. The van der Waals surface area contributed by atoms with Crippen molar-refractivity contribution in [2.75, 3.05) is 19.6 Å². The van der Waals surface area contributed by atoms with Crippen LogP contribution >= 0.6 is 0 Å². The number of benzene rings is 1. The van der Waals surface area contributed by atoms with Crippen LogP contribution in [0.15, 0.2) is 30.3 Å². The Morgan fingerprint density at radius 1 is 1.04 bits per heavy atom. The smallest absolute Gasteiger partial charge is 0.222 e. The first-order chi connectivity index (χ1) is 11.6. The van der Waals surface area contributed by atoms with Gasteiger partial charge in [0, 0.05) is 39.0 Å². The van der Waals surface area contributed by atoms with Gasteiger partial charge < -0.3 is 9.80 Å². The first kappa shape index (κ1) is 17.0. The summed E-state index contributed by atoms with van der Waals surface area (Å²) in [5, 5.41) is 0. The number of rotatable bonds is 5. The molecule has 0 radical (unpaired) electrons. The predicted molar refractivity (Wildman–Crippen MR) is 94.5 cm³/mol. The molecule has 24 heavy (non-hydrogen) atoms. The van der Waals surface area contributed by atoms with Gasteiger partial charge in [-0.05, 0) is 43.6 Å². The quantitative estimate of drug-likeness (QED) is 0.780. The topological polar surface area (TPSA) is 40.6 Å². The van der Waals surface area contributed by atoms with Crippen LogP contribution in [0.5, 0.6) is 0 Å². The summed E-state index contributed by atoms with van der Waals surface area (Å²) in [4.78, 5) is 28.4. The minimum atomic E-state index is 0.143. The second kappa shape index (κ2) is 7.82. The highest BCUT2D eigenvalue weighted by atomic mass is 16.2. The molecular weight excluding hydrogens is 300 g/mol. The van der Waals surface area contributed by atoms with Crippen molar-refractivity contribution in [1.29, 1.82) is 0 Å². The van der Waals surface area contributed by atoms with Gasteiger partial charge in [0.2, 0.25) is 11.8 Å². The van der Waals surface area contributed by atoms with E-state index >= 15 is 0 Å². The lowest BCUT2D eigenvalue weighted by Crippen LogP contribution is -2.47. The number of piperidine rings is 1. The largest absolute Gasteiger partial charge is 0.341 e. The number of aryl methyl sites for hydroxylation is 1. The van der Waals surface area contributed by atoms with Crippen LogP contribution in [0, 0.1) is 5.92 Å². The standard InChI is InChI=1S/C20H28N2O2/c1-16(23)21-13-18-11-12-19(15-21)22(14-18)20(24)10-6-5-9-17-7-3-2-4-8-17/h2-4,7-8,18-19H,5-6,9-15H2,1H3/t18-,19+/m0/s1. The third-order valence-corrected chi connectivity index (χ3v) is 5.43. The van der Waals surface area contributed by atoms with Gasteiger partial charge in [-0.2, -0.15) is 0 Å². The number of nitrogens with zero attached hydrogens (tertiary/aromatic N) is 2. The summed E-state index contributed by atoms with van der Waals surface area (Å²) < 4.78 is 0. The van der Waals surface area contributed by atoms with E-state index in [0.29, 0.717) is 12.3 Å². The SMILES string of the molecule is CC(=O)N1C[C@@H]2CC[C@H](C1)N(C(=O)CCCCc1ccccc1)C2. The van der Waals surface area contributed by atoms with Crippen molar-refractivity contribution < 1.29 is 9.59 Å². The summed E-state index contributed by atoms with van der Waals surface area (Å²) >= 11 is 0. The molecule has 0 saturated carbocycles. The molecule has 130 valence electrons. The van der Waals surface area contributed by atoms with Gasteiger partial charge in [-0.25, -0.2) is 0 Å². The molecule has 4 heteroatoms. The van der Waals surface area contributed by atoms with Gasteiger partial charge in [0.1, 0.15) is 0 Å². The average molecular weight is 328 g/mol. The number of carbonyl (C=O) groups is 2.